The molecule has 0 aromatic heterocycles. The molecule has 0 saturated heterocycles. The van der Waals surface area contributed by atoms with Gasteiger partial charge < -0.3 is 0 Å². The molecule has 0 heterocycles. The Morgan fingerprint density at radius 1 is 1.30 bits per heavy atom. The molecule has 1 rings (SSSR count). The summed E-state index contributed by atoms with van der Waals surface area (Å²) in [5.74, 6) is 0.911. The zero-order chi connectivity index (χ0) is 7.61. The van der Waals surface area contributed by atoms with E-state index in [1.54, 1.807) is 0 Å². The lowest BCUT2D eigenvalue weighted by Gasteiger charge is -2.15. The van der Waals surface area contributed by atoms with Crippen LogP contribution in [0.5, 0.6) is 0 Å². The molecule has 0 bridgehead atoms. The molecule has 0 heteroatoms. The van der Waals surface area contributed by atoms with Crippen molar-refractivity contribution in [2.75, 3.05) is 0 Å². The van der Waals surface area contributed by atoms with Crippen molar-refractivity contribution in [3.05, 3.63) is 0 Å². The van der Waals surface area contributed by atoms with Crippen molar-refractivity contribution < 1.29 is 0 Å². The van der Waals surface area contributed by atoms with Gasteiger partial charge in [-0.3, -0.25) is 0 Å². The third kappa shape index (κ3) is 2.00. The maximum atomic E-state index is 2.34. The summed E-state index contributed by atoms with van der Waals surface area (Å²) < 4.78 is 0. The largest absolute Gasteiger partial charge is 0.0654 e. The Hall–Kier alpha value is 0. The predicted octanol–water partition coefficient (Wildman–Crippen LogP) is 3.61. The number of hydrogen-bond acceptors (Lipinski definition) is 0. The average Bonchev–Trinajstić information content (AvgIpc) is 2.47. The summed E-state index contributed by atoms with van der Waals surface area (Å²) >= 11 is 0. The van der Waals surface area contributed by atoms with Gasteiger partial charge in [0, 0.05) is 0 Å². The minimum atomic E-state index is 0.822. The maximum Gasteiger partial charge on any atom is -0.0295 e. The van der Waals surface area contributed by atoms with E-state index < -0.39 is 0 Å². The van der Waals surface area contributed by atoms with Gasteiger partial charge in [0.1, 0.15) is 0 Å². The summed E-state index contributed by atoms with van der Waals surface area (Å²) in [5.41, 5.74) is 0.822. The van der Waals surface area contributed by atoms with E-state index in [0.29, 0.717) is 0 Å². The van der Waals surface area contributed by atoms with Gasteiger partial charge in [-0.2, -0.15) is 0 Å². The van der Waals surface area contributed by atoms with Crippen LogP contribution in [0.25, 0.3) is 0 Å². The van der Waals surface area contributed by atoms with Crippen molar-refractivity contribution in [2.45, 2.75) is 52.9 Å². The van der Waals surface area contributed by atoms with Crippen molar-refractivity contribution in [3.63, 3.8) is 0 Å². The molecule has 1 aliphatic carbocycles. The second-order valence-electron chi connectivity index (χ2n) is 4.35. The summed E-state index contributed by atoms with van der Waals surface area (Å²) in [5, 5.41) is 0. The molecule has 0 unspecified atom stereocenters. The summed E-state index contributed by atoms with van der Waals surface area (Å²) in [4.78, 5) is 0. The van der Waals surface area contributed by atoms with Crippen LogP contribution in [-0.2, 0) is 0 Å². The van der Waals surface area contributed by atoms with Crippen LogP contribution in [-0.4, -0.2) is 0 Å². The van der Waals surface area contributed by atoms with Gasteiger partial charge in [0.05, 0.1) is 0 Å². The first-order chi connectivity index (χ1) is 4.68. The van der Waals surface area contributed by atoms with Gasteiger partial charge in [-0.1, -0.05) is 27.2 Å². The van der Waals surface area contributed by atoms with E-state index in [4.69, 9.17) is 0 Å². The zero-order valence-corrected chi connectivity index (χ0v) is 7.61. The van der Waals surface area contributed by atoms with E-state index in [-0.39, 0.29) is 0 Å². The third-order valence-corrected chi connectivity index (χ3v) is 2.58. The molecule has 1 fully saturated rings. The Labute approximate surface area is 65.0 Å². The van der Waals surface area contributed by atoms with Crippen LogP contribution in [0.1, 0.15) is 52.9 Å². The first-order valence-corrected chi connectivity index (χ1v) is 4.68. The van der Waals surface area contributed by atoms with E-state index in [0.717, 1.165) is 11.3 Å². The Morgan fingerprint density at radius 3 is 2.20 bits per heavy atom. The predicted molar refractivity (Wildman–Crippen MR) is 46.0 cm³/mol. The van der Waals surface area contributed by atoms with Crippen LogP contribution < -0.4 is 0 Å². The summed E-state index contributed by atoms with van der Waals surface area (Å²) in [6.07, 6.45) is 7.36. The van der Waals surface area contributed by atoms with Crippen LogP contribution in [0.3, 0.4) is 0 Å². The lowest BCUT2D eigenvalue weighted by molar-refractivity contribution is 0.361. The van der Waals surface area contributed by atoms with Gasteiger partial charge in [-0.05, 0) is 37.0 Å². The van der Waals surface area contributed by atoms with Crippen molar-refractivity contribution >= 4 is 0 Å². The first kappa shape index (κ1) is 8.10. The molecule has 0 aromatic carbocycles. The fourth-order valence-corrected chi connectivity index (χ4v) is 2.13. The normalized spacial score (nSPS) is 21.6. The highest BCUT2D eigenvalue weighted by Gasteiger charge is 2.41. The molecule has 0 radical (unpaired) electrons. The molecule has 0 N–H and O–H groups in total. The molecule has 1 aliphatic rings. The second kappa shape index (κ2) is 2.94. The van der Waals surface area contributed by atoms with Crippen molar-refractivity contribution in [2.24, 2.45) is 11.3 Å². The van der Waals surface area contributed by atoms with Crippen LogP contribution >= 0.6 is 0 Å². The third-order valence-electron chi connectivity index (χ3n) is 2.58. The van der Waals surface area contributed by atoms with E-state index in [9.17, 15) is 0 Å². The van der Waals surface area contributed by atoms with E-state index in [1.165, 1.54) is 32.1 Å². The SMILES string of the molecule is CCCC1(CC(C)C)CC1. The molecule has 0 spiro atoms. The van der Waals surface area contributed by atoms with Gasteiger partial charge >= 0.3 is 0 Å². The van der Waals surface area contributed by atoms with Gasteiger partial charge in [-0.15, -0.1) is 0 Å². The smallest absolute Gasteiger partial charge is 0.0295 e. The van der Waals surface area contributed by atoms with Crippen LogP contribution in [0, 0.1) is 11.3 Å². The number of rotatable bonds is 4. The standard InChI is InChI=1S/C10H20/c1-4-5-10(6-7-10)8-9(2)3/h9H,4-8H2,1-3H3. The highest BCUT2D eigenvalue weighted by Crippen LogP contribution is 2.53. The molecule has 0 amide bonds. The minimum absolute atomic E-state index is 0.822. The number of hydrogen-bond donors (Lipinski definition) is 0. The monoisotopic (exact) mass is 140 g/mol. The highest BCUT2D eigenvalue weighted by atomic mass is 14.5. The van der Waals surface area contributed by atoms with E-state index in [2.05, 4.69) is 20.8 Å². The molecule has 0 nitrogen and oxygen atoms in total. The summed E-state index contributed by atoms with van der Waals surface area (Å²) in [7, 11) is 0. The first-order valence-electron chi connectivity index (χ1n) is 4.68. The lowest BCUT2D eigenvalue weighted by atomic mass is 9.90. The van der Waals surface area contributed by atoms with Crippen LogP contribution in [0.15, 0.2) is 0 Å². The van der Waals surface area contributed by atoms with Crippen LogP contribution in [0.4, 0.5) is 0 Å². The second-order valence-corrected chi connectivity index (χ2v) is 4.35. The average molecular weight is 140 g/mol. The van der Waals surface area contributed by atoms with Gasteiger partial charge in [0.15, 0.2) is 0 Å². The molecular weight excluding hydrogens is 120 g/mol. The Balaban J connectivity index is 2.23. The lowest BCUT2D eigenvalue weighted by Crippen LogP contribution is -2.03. The molecule has 10 heavy (non-hydrogen) atoms. The fourth-order valence-electron chi connectivity index (χ4n) is 2.13. The van der Waals surface area contributed by atoms with Crippen molar-refractivity contribution in [1.82, 2.24) is 0 Å². The maximum absolute atomic E-state index is 2.34. The molecule has 0 aliphatic heterocycles. The van der Waals surface area contributed by atoms with Crippen molar-refractivity contribution in [3.8, 4) is 0 Å². The Morgan fingerprint density at radius 2 is 1.90 bits per heavy atom. The zero-order valence-electron chi connectivity index (χ0n) is 7.61. The van der Waals surface area contributed by atoms with Gasteiger partial charge in [-0.25, -0.2) is 0 Å². The fraction of sp³-hybridized carbons (Fsp3) is 1.00. The van der Waals surface area contributed by atoms with E-state index >= 15 is 0 Å². The molecule has 0 aromatic rings. The van der Waals surface area contributed by atoms with Gasteiger partial charge in [0.2, 0.25) is 0 Å². The summed E-state index contributed by atoms with van der Waals surface area (Å²) in [6, 6.07) is 0. The molecule has 1 saturated carbocycles. The molecular formula is C10H20. The molecule has 60 valence electrons. The van der Waals surface area contributed by atoms with Gasteiger partial charge in [0.25, 0.3) is 0 Å². The quantitative estimate of drug-likeness (QED) is 0.559. The minimum Gasteiger partial charge on any atom is -0.0654 e. The van der Waals surface area contributed by atoms with Crippen molar-refractivity contribution in [1.29, 1.82) is 0 Å². The van der Waals surface area contributed by atoms with Crippen LogP contribution in [0.2, 0.25) is 0 Å². The van der Waals surface area contributed by atoms with E-state index in [1.807, 2.05) is 0 Å². The topological polar surface area (TPSA) is 0 Å². The molecule has 0 atom stereocenters. The Bertz CT molecular complexity index is 98.6. The summed E-state index contributed by atoms with van der Waals surface area (Å²) in [6.45, 7) is 6.99. The highest BCUT2D eigenvalue weighted by molar-refractivity contribution is 4.92. The Kier molecular flexibility index (Phi) is 2.38.